The van der Waals surface area contributed by atoms with Gasteiger partial charge in [-0.15, -0.1) is 0 Å². The van der Waals surface area contributed by atoms with Crippen LogP contribution in [-0.2, 0) is 0 Å². The Morgan fingerprint density at radius 2 is 2.00 bits per heavy atom. The number of halogens is 2. The number of rotatable bonds is 5. The van der Waals surface area contributed by atoms with Crippen LogP contribution in [0.2, 0.25) is 0 Å². The summed E-state index contributed by atoms with van der Waals surface area (Å²) in [5.41, 5.74) is 0.245. The molecule has 0 radical (unpaired) electrons. The van der Waals surface area contributed by atoms with Crippen molar-refractivity contribution in [3.63, 3.8) is 0 Å². The number of ether oxygens (including phenoxy) is 1. The Kier molecular flexibility index (Phi) is 3.99. The molecule has 2 aromatic rings. The normalized spacial score (nSPS) is 12.4. The topological polar surface area (TPSA) is 79.9 Å². The zero-order valence-corrected chi connectivity index (χ0v) is 9.99. The van der Waals surface area contributed by atoms with Crippen LogP contribution >= 0.6 is 0 Å². The van der Waals surface area contributed by atoms with Crippen molar-refractivity contribution < 1.29 is 32.9 Å². The number of benzene rings is 1. The van der Waals surface area contributed by atoms with E-state index in [0.717, 1.165) is 0 Å². The summed E-state index contributed by atoms with van der Waals surface area (Å²) in [7, 11) is 0. The number of furan rings is 1. The molecular formula is C13H10F2O5. The van der Waals surface area contributed by atoms with E-state index in [2.05, 4.69) is 4.74 Å². The quantitative estimate of drug-likeness (QED) is 0.882. The molecule has 0 amide bonds. The van der Waals surface area contributed by atoms with Gasteiger partial charge < -0.3 is 19.4 Å². The number of carboxylic acids is 1. The summed E-state index contributed by atoms with van der Waals surface area (Å²) in [4.78, 5) is 10.7. The first-order chi connectivity index (χ1) is 9.47. The second kappa shape index (κ2) is 5.70. The number of aromatic carboxylic acids is 1. The minimum Gasteiger partial charge on any atom is -0.475 e. The molecule has 1 aromatic carbocycles. The lowest BCUT2D eigenvalue weighted by atomic mass is 10.1. The average molecular weight is 284 g/mol. The summed E-state index contributed by atoms with van der Waals surface area (Å²) in [5.74, 6) is -1.70. The van der Waals surface area contributed by atoms with E-state index in [0.29, 0.717) is 0 Å². The Hall–Kier alpha value is -2.41. The van der Waals surface area contributed by atoms with Crippen molar-refractivity contribution in [2.24, 2.45) is 0 Å². The maximum Gasteiger partial charge on any atom is 0.387 e. The minimum absolute atomic E-state index is 0.00315. The largest absolute Gasteiger partial charge is 0.475 e. The fourth-order valence-electron chi connectivity index (χ4n) is 1.64. The fourth-order valence-corrected chi connectivity index (χ4v) is 1.64. The standard InChI is InChI=1S/C13H10F2O5/c14-13(15)19-8-3-1-2-7(6-8)11(16)9-4-5-10(20-9)12(17)18/h1-6,11,13,16H,(H,17,18). The predicted molar refractivity (Wildman–Crippen MR) is 62.8 cm³/mol. The lowest BCUT2D eigenvalue weighted by Crippen LogP contribution is -2.04. The molecule has 1 atom stereocenters. The first-order valence-electron chi connectivity index (χ1n) is 5.53. The van der Waals surface area contributed by atoms with Gasteiger partial charge in [0.1, 0.15) is 17.6 Å². The van der Waals surface area contributed by atoms with Gasteiger partial charge in [0.05, 0.1) is 0 Å². The van der Waals surface area contributed by atoms with Gasteiger partial charge in [-0.25, -0.2) is 4.79 Å². The van der Waals surface area contributed by atoms with Gasteiger partial charge in [-0.2, -0.15) is 8.78 Å². The van der Waals surface area contributed by atoms with Gasteiger partial charge in [-0.1, -0.05) is 12.1 Å². The van der Waals surface area contributed by atoms with Crippen LogP contribution in [0, 0.1) is 0 Å². The summed E-state index contributed by atoms with van der Waals surface area (Å²) < 4.78 is 33.4. The van der Waals surface area contributed by atoms with E-state index in [-0.39, 0.29) is 22.8 Å². The smallest absolute Gasteiger partial charge is 0.387 e. The highest BCUT2D eigenvalue weighted by molar-refractivity contribution is 5.84. The Morgan fingerprint density at radius 3 is 2.60 bits per heavy atom. The van der Waals surface area contributed by atoms with Gasteiger partial charge in [0.25, 0.3) is 0 Å². The van der Waals surface area contributed by atoms with Crippen molar-refractivity contribution in [2.75, 3.05) is 0 Å². The summed E-state index contributed by atoms with van der Waals surface area (Å²) in [6.07, 6.45) is -1.27. The van der Waals surface area contributed by atoms with Crippen molar-refractivity contribution >= 4 is 5.97 Å². The highest BCUT2D eigenvalue weighted by atomic mass is 19.3. The third-order valence-electron chi connectivity index (χ3n) is 2.51. The molecule has 1 unspecified atom stereocenters. The van der Waals surface area contributed by atoms with Crippen LogP contribution in [0.15, 0.2) is 40.8 Å². The molecule has 2 rings (SSSR count). The monoisotopic (exact) mass is 284 g/mol. The molecule has 0 aliphatic heterocycles. The van der Waals surface area contributed by atoms with Crippen LogP contribution in [-0.4, -0.2) is 22.8 Å². The Bertz CT molecular complexity index is 608. The highest BCUT2D eigenvalue weighted by Gasteiger charge is 2.18. The van der Waals surface area contributed by atoms with E-state index in [1.165, 1.54) is 36.4 Å². The van der Waals surface area contributed by atoms with Crippen LogP contribution in [0.3, 0.4) is 0 Å². The van der Waals surface area contributed by atoms with Gasteiger partial charge in [0.2, 0.25) is 5.76 Å². The number of hydrogen-bond donors (Lipinski definition) is 2. The van der Waals surface area contributed by atoms with Gasteiger partial charge >= 0.3 is 12.6 Å². The van der Waals surface area contributed by atoms with Gasteiger partial charge in [0.15, 0.2) is 0 Å². The number of carboxylic acid groups (broad SMARTS) is 1. The Morgan fingerprint density at radius 1 is 1.25 bits per heavy atom. The van der Waals surface area contributed by atoms with E-state index in [4.69, 9.17) is 9.52 Å². The zero-order valence-electron chi connectivity index (χ0n) is 9.99. The van der Waals surface area contributed by atoms with E-state index in [9.17, 15) is 18.7 Å². The third kappa shape index (κ3) is 3.12. The van der Waals surface area contributed by atoms with E-state index in [1.54, 1.807) is 0 Å². The molecule has 0 aliphatic carbocycles. The molecular weight excluding hydrogens is 274 g/mol. The maximum atomic E-state index is 12.1. The fraction of sp³-hybridized carbons (Fsp3) is 0.154. The molecule has 0 aliphatic rings. The van der Waals surface area contributed by atoms with Gasteiger partial charge in [0, 0.05) is 0 Å². The number of hydrogen-bond acceptors (Lipinski definition) is 4. The van der Waals surface area contributed by atoms with E-state index >= 15 is 0 Å². The molecule has 0 spiro atoms. The average Bonchev–Trinajstić information content (AvgIpc) is 2.87. The molecule has 1 aromatic heterocycles. The van der Waals surface area contributed by atoms with Crippen LogP contribution in [0.4, 0.5) is 8.78 Å². The van der Waals surface area contributed by atoms with Gasteiger partial charge in [-0.3, -0.25) is 0 Å². The van der Waals surface area contributed by atoms with Crippen molar-refractivity contribution in [3.8, 4) is 5.75 Å². The lowest BCUT2D eigenvalue weighted by Gasteiger charge is -2.10. The molecule has 2 N–H and O–H groups in total. The maximum absolute atomic E-state index is 12.1. The third-order valence-corrected chi connectivity index (χ3v) is 2.51. The van der Waals surface area contributed by atoms with Crippen molar-refractivity contribution in [1.29, 1.82) is 0 Å². The van der Waals surface area contributed by atoms with E-state index < -0.39 is 18.7 Å². The molecule has 20 heavy (non-hydrogen) atoms. The molecule has 0 saturated heterocycles. The molecule has 106 valence electrons. The van der Waals surface area contributed by atoms with Crippen LogP contribution in [0.1, 0.15) is 28.0 Å². The molecule has 0 saturated carbocycles. The van der Waals surface area contributed by atoms with Crippen LogP contribution in [0.25, 0.3) is 0 Å². The molecule has 0 bridgehead atoms. The summed E-state index contributed by atoms with van der Waals surface area (Å²) >= 11 is 0. The number of aliphatic hydroxyl groups is 1. The molecule has 0 fully saturated rings. The van der Waals surface area contributed by atoms with E-state index in [1.807, 2.05) is 0 Å². The molecule has 5 nitrogen and oxygen atoms in total. The first-order valence-corrected chi connectivity index (χ1v) is 5.53. The second-order valence-corrected chi connectivity index (χ2v) is 3.86. The highest BCUT2D eigenvalue weighted by Crippen LogP contribution is 2.27. The summed E-state index contributed by atoms with van der Waals surface area (Å²) in [6, 6.07) is 7.94. The number of aliphatic hydroxyl groups excluding tert-OH is 1. The number of carbonyl (C=O) groups is 1. The molecule has 7 heteroatoms. The zero-order chi connectivity index (χ0) is 14.7. The first kappa shape index (κ1) is 14.0. The predicted octanol–water partition coefficient (Wildman–Crippen LogP) is 2.66. The Balaban J connectivity index is 2.23. The lowest BCUT2D eigenvalue weighted by molar-refractivity contribution is -0.0499. The summed E-state index contributed by atoms with van der Waals surface area (Å²) in [6.45, 7) is -2.97. The van der Waals surface area contributed by atoms with Crippen LogP contribution < -0.4 is 4.74 Å². The van der Waals surface area contributed by atoms with Crippen molar-refractivity contribution in [2.45, 2.75) is 12.7 Å². The van der Waals surface area contributed by atoms with Crippen molar-refractivity contribution in [1.82, 2.24) is 0 Å². The second-order valence-electron chi connectivity index (χ2n) is 3.86. The van der Waals surface area contributed by atoms with Crippen molar-refractivity contribution in [3.05, 3.63) is 53.5 Å². The summed E-state index contributed by atoms with van der Waals surface area (Å²) in [5, 5.41) is 18.7. The SMILES string of the molecule is O=C(O)c1ccc(C(O)c2cccc(OC(F)F)c2)o1. The number of alkyl halides is 2. The van der Waals surface area contributed by atoms with Crippen LogP contribution in [0.5, 0.6) is 5.75 Å². The van der Waals surface area contributed by atoms with Gasteiger partial charge in [-0.05, 0) is 29.8 Å². The molecule has 1 heterocycles. The minimum atomic E-state index is -2.97. The Labute approximate surface area is 112 Å².